The maximum Gasteiger partial charge on any atom is 0.138 e. The van der Waals surface area contributed by atoms with Crippen LogP contribution in [0.25, 0.3) is 0 Å². The van der Waals surface area contributed by atoms with E-state index in [-0.39, 0.29) is 6.61 Å². The van der Waals surface area contributed by atoms with E-state index >= 15 is 0 Å². The summed E-state index contributed by atoms with van der Waals surface area (Å²) in [6.07, 6.45) is 2.78. The molecule has 0 unspecified atom stereocenters. The predicted molar refractivity (Wildman–Crippen MR) is 25.7 cm³/mol. The largest absolute Gasteiger partial charge is 0.390 e. The van der Waals surface area contributed by atoms with Gasteiger partial charge in [0.25, 0.3) is 0 Å². The minimum absolute atomic E-state index is 0.0964. The number of hydrogen-bond donors (Lipinski definition) is 1. The summed E-state index contributed by atoms with van der Waals surface area (Å²) in [4.78, 5) is 3.62. The summed E-state index contributed by atoms with van der Waals surface area (Å²) in [5, 5.41) is 15.4. The van der Waals surface area contributed by atoms with E-state index in [1.807, 2.05) is 0 Å². The Morgan fingerprint density at radius 1 is 1.62 bits per heavy atom. The van der Waals surface area contributed by atoms with Gasteiger partial charge in [0.2, 0.25) is 0 Å². The number of aliphatic hydroxyl groups excluding tert-OH is 1. The van der Waals surface area contributed by atoms with Gasteiger partial charge < -0.3 is 5.11 Å². The summed E-state index contributed by atoms with van der Waals surface area (Å²) in [7, 11) is 0. The van der Waals surface area contributed by atoms with Crippen molar-refractivity contribution >= 4 is 0 Å². The van der Waals surface area contributed by atoms with Crippen LogP contribution in [-0.2, 0) is 6.61 Å². The Bertz CT molecular complexity index is 153. The lowest BCUT2D eigenvalue weighted by molar-refractivity contribution is 0.274. The number of nitrogens with zero attached hydrogens (tertiary/aromatic N) is 3. The van der Waals surface area contributed by atoms with Crippen molar-refractivity contribution in [2.45, 2.75) is 6.61 Å². The van der Waals surface area contributed by atoms with Gasteiger partial charge in [0.1, 0.15) is 12.0 Å². The van der Waals surface area contributed by atoms with Gasteiger partial charge >= 0.3 is 0 Å². The minimum Gasteiger partial charge on any atom is -0.390 e. The molecular formula is C4H5N3O. The Morgan fingerprint density at radius 3 is 2.88 bits per heavy atom. The van der Waals surface area contributed by atoms with Crippen LogP contribution in [0.3, 0.4) is 0 Å². The quantitative estimate of drug-likeness (QED) is 0.524. The van der Waals surface area contributed by atoms with Crippen molar-refractivity contribution in [1.82, 2.24) is 15.2 Å². The van der Waals surface area contributed by atoms with Crippen LogP contribution < -0.4 is 0 Å². The topological polar surface area (TPSA) is 58.9 Å². The van der Waals surface area contributed by atoms with Gasteiger partial charge in [-0.1, -0.05) is 0 Å². The molecule has 1 heterocycles. The van der Waals surface area contributed by atoms with E-state index < -0.39 is 0 Å². The highest BCUT2D eigenvalue weighted by Crippen LogP contribution is 1.83. The summed E-state index contributed by atoms with van der Waals surface area (Å²) in [6.45, 7) is -0.0964. The van der Waals surface area contributed by atoms with E-state index in [1.165, 1.54) is 12.5 Å². The first-order valence-corrected chi connectivity index (χ1v) is 2.16. The zero-order chi connectivity index (χ0) is 5.82. The Balaban J connectivity index is 2.83. The number of hydrogen-bond acceptors (Lipinski definition) is 4. The molecule has 0 atom stereocenters. The van der Waals surface area contributed by atoms with E-state index in [2.05, 4.69) is 15.2 Å². The van der Waals surface area contributed by atoms with Gasteiger partial charge in [-0.15, -0.1) is 10.2 Å². The van der Waals surface area contributed by atoms with E-state index in [4.69, 9.17) is 5.11 Å². The second-order valence-corrected chi connectivity index (χ2v) is 1.26. The highest BCUT2D eigenvalue weighted by Gasteiger charge is 1.85. The fourth-order valence-corrected chi connectivity index (χ4v) is 0.347. The Kier molecular flexibility index (Phi) is 1.48. The van der Waals surface area contributed by atoms with Gasteiger partial charge in [-0.3, -0.25) is 0 Å². The molecule has 0 aliphatic rings. The standard InChI is InChI=1S/C4H5N3O/c8-2-4-1-5-3-6-7-4/h1,3,8H,2H2. The molecule has 0 aromatic carbocycles. The van der Waals surface area contributed by atoms with E-state index in [9.17, 15) is 0 Å². The molecule has 0 bridgehead atoms. The van der Waals surface area contributed by atoms with Crippen LogP contribution in [0.1, 0.15) is 5.69 Å². The van der Waals surface area contributed by atoms with E-state index in [1.54, 1.807) is 0 Å². The third-order valence-electron chi connectivity index (χ3n) is 0.690. The van der Waals surface area contributed by atoms with Crippen molar-refractivity contribution in [2.24, 2.45) is 0 Å². The lowest BCUT2D eigenvalue weighted by Crippen LogP contribution is -1.91. The SMILES string of the molecule is OCc1cncnn1. The second kappa shape index (κ2) is 2.32. The first-order valence-electron chi connectivity index (χ1n) is 2.16. The van der Waals surface area contributed by atoms with Crippen LogP contribution >= 0.6 is 0 Å². The summed E-state index contributed by atoms with van der Waals surface area (Å²) in [5.41, 5.74) is 0.493. The van der Waals surface area contributed by atoms with Crippen LogP contribution in [0.15, 0.2) is 12.5 Å². The van der Waals surface area contributed by atoms with Crippen LogP contribution in [0.4, 0.5) is 0 Å². The van der Waals surface area contributed by atoms with Gasteiger partial charge in [0.05, 0.1) is 12.8 Å². The van der Waals surface area contributed by atoms with Crippen LogP contribution in [-0.4, -0.2) is 20.3 Å². The molecule has 0 fully saturated rings. The molecule has 0 spiro atoms. The zero-order valence-electron chi connectivity index (χ0n) is 4.15. The van der Waals surface area contributed by atoms with E-state index in [0.717, 1.165) is 0 Å². The highest BCUT2D eigenvalue weighted by atomic mass is 16.3. The average molecular weight is 111 g/mol. The van der Waals surface area contributed by atoms with Crippen LogP contribution in [0.5, 0.6) is 0 Å². The van der Waals surface area contributed by atoms with Crippen molar-refractivity contribution in [2.75, 3.05) is 0 Å². The Hall–Kier alpha value is -1.03. The molecule has 0 saturated carbocycles. The molecule has 0 saturated heterocycles. The molecule has 0 aliphatic heterocycles. The molecule has 0 radical (unpaired) electrons. The maximum absolute atomic E-state index is 8.40. The third-order valence-corrected chi connectivity index (χ3v) is 0.690. The molecule has 4 nitrogen and oxygen atoms in total. The van der Waals surface area contributed by atoms with Crippen molar-refractivity contribution in [3.8, 4) is 0 Å². The fourth-order valence-electron chi connectivity index (χ4n) is 0.347. The van der Waals surface area contributed by atoms with Gasteiger partial charge in [-0.2, -0.15) is 0 Å². The minimum atomic E-state index is -0.0964. The highest BCUT2D eigenvalue weighted by molar-refractivity contribution is 4.86. The molecule has 8 heavy (non-hydrogen) atoms. The Morgan fingerprint density at radius 2 is 2.50 bits per heavy atom. The number of aromatic nitrogens is 3. The van der Waals surface area contributed by atoms with Crippen LogP contribution in [0.2, 0.25) is 0 Å². The molecular weight excluding hydrogens is 106 g/mol. The van der Waals surface area contributed by atoms with Gasteiger partial charge in [0.15, 0.2) is 0 Å². The summed E-state index contributed by atoms with van der Waals surface area (Å²) in [5.74, 6) is 0. The number of aliphatic hydroxyl groups is 1. The normalized spacial score (nSPS) is 9.12. The molecule has 0 aliphatic carbocycles. The first kappa shape index (κ1) is 5.11. The molecule has 1 aromatic heterocycles. The number of rotatable bonds is 1. The van der Waals surface area contributed by atoms with Crippen molar-refractivity contribution in [1.29, 1.82) is 0 Å². The van der Waals surface area contributed by atoms with Gasteiger partial charge in [0, 0.05) is 0 Å². The summed E-state index contributed by atoms with van der Waals surface area (Å²) >= 11 is 0. The second-order valence-electron chi connectivity index (χ2n) is 1.26. The molecule has 0 amide bonds. The smallest absolute Gasteiger partial charge is 0.138 e. The Labute approximate surface area is 46.2 Å². The fraction of sp³-hybridized carbons (Fsp3) is 0.250. The van der Waals surface area contributed by atoms with Crippen molar-refractivity contribution in [3.05, 3.63) is 18.2 Å². The van der Waals surface area contributed by atoms with Gasteiger partial charge in [-0.25, -0.2) is 4.98 Å². The molecule has 1 aromatic rings. The molecule has 1 rings (SSSR count). The van der Waals surface area contributed by atoms with Crippen molar-refractivity contribution < 1.29 is 5.11 Å². The van der Waals surface area contributed by atoms with E-state index in [0.29, 0.717) is 5.69 Å². The summed E-state index contributed by atoms with van der Waals surface area (Å²) in [6, 6.07) is 0. The van der Waals surface area contributed by atoms with Crippen molar-refractivity contribution in [3.63, 3.8) is 0 Å². The maximum atomic E-state index is 8.40. The molecule has 1 N–H and O–H groups in total. The third kappa shape index (κ3) is 0.974. The monoisotopic (exact) mass is 111 g/mol. The van der Waals surface area contributed by atoms with Crippen LogP contribution in [0, 0.1) is 0 Å². The summed E-state index contributed by atoms with van der Waals surface area (Å²) < 4.78 is 0. The molecule has 42 valence electrons. The van der Waals surface area contributed by atoms with Gasteiger partial charge in [-0.05, 0) is 0 Å². The average Bonchev–Trinajstić information content (AvgIpc) is 1.90. The molecule has 4 heteroatoms. The predicted octanol–water partition coefficient (Wildman–Crippen LogP) is -0.636. The first-order chi connectivity index (χ1) is 3.93. The lowest BCUT2D eigenvalue weighted by atomic mass is 10.5. The zero-order valence-corrected chi connectivity index (χ0v) is 4.15. The lowest BCUT2D eigenvalue weighted by Gasteiger charge is -1.86.